The van der Waals surface area contributed by atoms with E-state index in [2.05, 4.69) is 54.4 Å². The first kappa shape index (κ1) is 12.2. The molecular formula is C16H24N2. The molecule has 0 aromatic heterocycles. The Kier molecular flexibility index (Phi) is 3.16. The average Bonchev–Trinajstić information content (AvgIpc) is 2.98. The van der Waals surface area contributed by atoms with E-state index in [1.54, 1.807) is 0 Å². The number of nitrogens with one attached hydrogen (secondary N) is 1. The molecule has 3 rings (SSSR count). The second-order valence-electron chi connectivity index (χ2n) is 6.52. The van der Waals surface area contributed by atoms with Crippen LogP contribution in [0.2, 0.25) is 0 Å². The lowest BCUT2D eigenvalue weighted by atomic mass is 10.0. The minimum atomic E-state index is 0.566. The van der Waals surface area contributed by atoms with E-state index in [1.807, 2.05) is 0 Å². The highest BCUT2D eigenvalue weighted by atomic mass is 15.2. The van der Waals surface area contributed by atoms with Crippen molar-refractivity contribution in [2.24, 2.45) is 11.3 Å². The van der Waals surface area contributed by atoms with Gasteiger partial charge in [-0.2, -0.15) is 0 Å². The van der Waals surface area contributed by atoms with Gasteiger partial charge >= 0.3 is 0 Å². The highest BCUT2D eigenvalue weighted by molar-refractivity contribution is 5.20. The summed E-state index contributed by atoms with van der Waals surface area (Å²) in [7, 11) is 0. The van der Waals surface area contributed by atoms with Crippen molar-refractivity contribution in [1.82, 2.24) is 10.2 Å². The molecule has 2 aliphatic rings. The van der Waals surface area contributed by atoms with Gasteiger partial charge in [0.25, 0.3) is 0 Å². The van der Waals surface area contributed by atoms with Gasteiger partial charge in [0.15, 0.2) is 0 Å². The molecule has 1 aliphatic carbocycles. The normalized spacial score (nSPS) is 31.2. The monoisotopic (exact) mass is 244 g/mol. The third-order valence-corrected chi connectivity index (χ3v) is 4.71. The van der Waals surface area contributed by atoms with Crippen molar-refractivity contribution in [3.05, 3.63) is 35.9 Å². The Bertz CT molecular complexity index is 399. The van der Waals surface area contributed by atoms with Crippen LogP contribution in [0.15, 0.2) is 30.3 Å². The summed E-state index contributed by atoms with van der Waals surface area (Å²) >= 11 is 0. The lowest BCUT2D eigenvalue weighted by Gasteiger charge is -2.37. The molecule has 98 valence electrons. The lowest BCUT2D eigenvalue weighted by molar-refractivity contribution is 0.149. The zero-order valence-electron chi connectivity index (χ0n) is 11.5. The molecule has 2 heteroatoms. The fourth-order valence-electron chi connectivity index (χ4n) is 3.14. The largest absolute Gasteiger partial charge is 0.314 e. The standard InChI is InChI=1S/C16H24N2/c1-16(2)10-14(16)12-18-9-8-17-11-15(18)13-6-4-3-5-7-13/h3-7,14-15,17H,8-12H2,1-2H3. The minimum absolute atomic E-state index is 0.566. The van der Waals surface area contributed by atoms with Gasteiger partial charge in [-0.3, -0.25) is 4.90 Å². The molecule has 0 spiro atoms. The van der Waals surface area contributed by atoms with Crippen molar-refractivity contribution in [1.29, 1.82) is 0 Å². The van der Waals surface area contributed by atoms with Crippen molar-refractivity contribution < 1.29 is 0 Å². The quantitative estimate of drug-likeness (QED) is 0.879. The van der Waals surface area contributed by atoms with E-state index in [-0.39, 0.29) is 0 Å². The Balaban J connectivity index is 1.71. The third-order valence-electron chi connectivity index (χ3n) is 4.71. The first-order valence-corrected chi connectivity index (χ1v) is 7.16. The van der Waals surface area contributed by atoms with E-state index in [9.17, 15) is 0 Å². The Labute approximate surface area is 110 Å². The molecular weight excluding hydrogens is 220 g/mol. The van der Waals surface area contributed by atoms with Crippen LogP contribution in [0.25, 0.3) is 0 Å². The summed E-state index contributed by atoms with van der Waals surface area (Å²) in [6.07, 6.45) is 1.40. The summed E-state index contributed by atoms with van der Waals surface area (Å²) in [4.78, 5) is 2.69. The third kappa shape index (κ3) is 2.45. The van der Waals surface area contributed by atoms with Crippen LogP contribution in [-0.4, -0.2) is 31.1 Å². The van der Waals surface area contributed by atoms with Crippen molar-refractivity contribution in [3.8, 4) is 0 Å². The van der Waals surface area contributed by atoms with Crippen molar-refractivity contribution >= 4 is 0 Å². The van der Waals surface area contributed by atoms with Gasteiger partial charge in [-0.25, -0.2) is 0 Å². The Morgan fingerprint density at radius 2 is 2.00 bits per heavy atom. The second-order valence-corrected chi connectivity index (χ2v) is 6.52. The predicted molar refractivity (Wildman–Crippen MR) is 75.5 cm³/mol. The van der Waals surface area contributed by atoms with Crippen molar-refractivity contribution in [3.63, 3.8) is 0 Å². The molecule has 18 heavy (non-hydrogen) atoms. The lowest BCUT2D eigenvalue weighted by Crippen LogP contribution is -2.46. The average molecular weight is 244 g/mol. The molecule has 1 N–H and O–H groups in total. The Hall–Kier alpha value is -0.860. The van der Waals surface area contributed by atoms with Crippen LogP contribution in [0.3, 0.4) is 0 Å². The van der Waals surface area contributed by atoms with Crippen LogP contribution in [0.5, 0.6) is 0 Å². The highest BCUT2D eigenvalue weighted by Crippen LogP contribution is 2.52. The molecule has 1 aromatic rings. The zero-order chi connectivity index (χ0) is 12.6. The SMILES string of the molecule is CC1(C)CC1CN1CCNCC1c1ccccc1. The summed E-state index contributed by atoms with van der Waals surface area (Å²) in [5.74, 6) is 0.904. The number of rotatable bonds is 3. The van der Waals surface area contributed by atoms with Gasteiger partial charge in [0, 0.05) is 32.2 Å². The van der Waals surface area contributed by atoms with Gasteiger partial charge in [-0.05, 0) is 23.3 Å². The van der Waals surface area contributed by atoms with E-state index < -0.39 is 0 Å². The minimum Gasteiger partial charge on any atom is -0.314 e. The first-order valence-electron chi connectivity index (χ1n) is 7.16. The highest BCUT2D eigenvalue weighted by Gasteiger charge is 2.46. The fraction of sp³-hybridized carbons (Fsp3) is 0.625. The van der Waals surface area contributed by atoms with Crippen molar-refractivity contribution in [2.75, 3.05) is 26.2 Å². The van der Waals surface area contributed by atoms with Crippen LogP contribution in [0.4, 0.5) is 0 Å². The van der Waals surface area contributed by atoms with Gasteiger partial charge in [0.2, 0.25) is 0 Å². The second kappa shape index (κ2) is 4.67. The summed E-state index contributed by atoms with van der Waals surface area (Å²) < 4.78 is 0. The smallest absolute Gasteiger partial charge is 0.0473 e. The topological polar surface area (TPSA) is 15.3 Å². The van der Waals surface area contributed by atoms with Gasteiger partial charge < -0.3 is 5.32 Å². The maximum atomic E-state index is 3.54. The summed E-state index contributed by atoms with van der Waals surface area (Å²) in [5, 5.41) is 3.54. The maximum Gasteiger partial charge on any atom is 0.0473 e. The molecule has 1 saturated carbocycles. The van der Waals surface area contributed by atoms with Crippen LogP contribution in [-0.2, 0) is 0 Å². The molecule has 1 saturated heterocycles. The van der Waals surface area contributed by atoms with Crippen molar-refractivity contribution in [2.45, 2.75) is 26.3 Å². The van der Waals surface area contributed by atoms with Gasteiger partial charge in [0.1, 0.15) is 0 Å². The summed E-state index contributed by atoms with van der Waals surface area (Å²) in [6.45, 7) is 9.49. The molecule has 2 atom stereocenters. The molecule has 1 heterocycles. The van der Waals surface area contributed by atoms with Crippen LogP contribution >= 0.6 is 0 Å². The van der Waals surface area contributed by atoms with E-state index >= 15 is 0 Å². The van der Waals surface area contributed by atoms with Gasteiger partial charge in [-0.1, -0.05) is 44.2 Å². The van der Waals surface area contributed by atoms with E-state index in [1.165, 1.54) is 25.1 Å². The number of benzene rings is 1. The van der Waals surface area contributed by atoms with Gasteiger partial charge in [-0.15, -0.1) is 0 Å². The predicted octanol–water partition coefficient (Wildman–Crippen LogP) is 2.68. The van der Waals surface area contributed by atoms with E-state index in [0.29, 0.717) is 11.5 Å². The molecule has 0 bridgehead atoms. The van der Waals surface area contributed by atoms with E-state index in [4.69, 9.17) is 0 Å². The summed E-state index contributed by atoms with van der Waals surface area (Å²) in [6, 6.07) is 11.5. The number of piperazine rings is 1. The van der Waals surface area contributed by atoms with Crippen LogP contribution in [0, 0.1) is 11.3 Å². The molecule has 0 amide bonds. The molecule has 1 aliphatic heterocycles. The van der Waals surface area contributed by atoms with E-state index in [0.717, 1.165) is 19.0 Å². The fourth-order valence-corrected chi connectivity index (χ4v) is 3.14. The first-order chi connectivity index (χ1) is 8.67. The molecule has 0 radical (unpaired) electrons. The van der Waals surface area contributed by atoms with Gasteiger partial charge in [0.05, 0.1) is 0 Å². The zero-order valence-corrected chi connectivity index (χ0v) is 11.5. The number of nitrogens with zero attached hydrogens (tertiary/aromatic N) is 1. The molecule has 2 fully saturated rings. The Morgan fingerprint density at radius 1 is 1.28 bits per heavy atom. The maximum absolute atomic E-state index is 3.54. The van der Waals surface area contributed by atoms with Crippen LogP contribution < -0.4 is 5.32 Å². The molecule has 1 aromatic carbocycles. The molecule has 2 unspecified atom stereocenters. The Morgan fingerprint density at radius 3 is 2.67 bits per heavy atom. The number of hydrogen-bond donors (Lipinski definition) is 1. The summed E-state index contributed by atoms with van der Waals surface area (Å²) in [5.41, 5.74) is 2.05. The van der Waals surface area contributed by atoms with Crippen LogP contribution in [0.1, 0.15) is 31.9 Å². The number of hydrogen-bond acceptors (Lipinski definition) is 2. The molecule has 2 nitrogen and oxygen atoms in total.